The third-order valence-corrected chi connectivity index (χ3v) is 6.81. The molecule has 7 nitrogen and oxygen atoms in total. The molecule has 2 saturated heterocycles. The molecule has 5 rings (SSSR count). The first-order chi connectivity index (χ1) is 15.3. The van der Waals surface area contributed by atoms with Gasteiger partial charge in [0.25, 0.3) is 5.91 Å². The van der Waals surface area contributed by atoms with Gasteiger partial charge < -0.3 is 4.90 Å². The summed E-state index contributed by atoms with van der Waals surface area (Å²) in [6, 6.07) is 9.36. The summed E-state index contributed by atoms with van der Waals surface area (Å²) in [5, 5.41) is 2.35. The normalized spacial score (nSPS) is 22.9. The molecule has 0 aliphatic carbocycles. The average Bonchev–Trinajstić information content (AvgIpc) is 3.26. The number of benzene rings is 1. The van der Waals surface area contributed by atoms with E-state index in [1.165, 1.54) is 12.0 Å². The topological polar surface area (TPSA) is 82.6 Å². The molecular formula is C25H28N4O3. The minimum absolute atomic E-state index is 0.153. The molecule has 2 aromatic rings. The van der Waals surface area contributed by atoms with Gasteiger partial charge in [0.05, 0.1) is 5.69 Å². The number of carbonyl (C=O) groups excluding carboxylic acids is 3. The van der Waals surface area contributed by atoms with Crippen molar-refractivity contribution in [3.63, 3.8) is 0 Å². The molecule has 0 spiro atoms. The average molecular weight is 433 g/mol. The van der Waals surface area contributed by atoms with Gasteiger partial charge in [0, 0.05) is 43.4 Å². The number of nitrogens with zero attached hydrogens (tertiary/aromatic N) is 3. The van der Waals surface area contributed by atoms with Crippen LogP contribution in [0.3, 0.4) is 0 Å². The van der Waals surface area contributed by atoms with Crippen molar-refractivity contribution in [1.29, 1.82) is 0 Å². The zero-order valence-electron chi connectivity index (χ0n) is 18.6. The predicted octanol–water partition coefficient (Wildman–Crippen LogP) is 2.74. The van der Waals surface area contributed by atoms with E-state index in [2.05, 4.69) is 41.2 Å². The summed E-state index contributed by atoms with van der Waals surface area (Å²) in [7, 11) is 0. The van der Waals surface area contributed by atoms with Gasteiger partial charge in [-0.15, -0.1) is 0 Å². The van der Waals surface area contributed by atoms with Crippen LogP contribution in [-0.4, -0.2) is 51.6 Å². The highest BCUT2D eigenvalue weighted by atomic mass is 16.2. The third kappa shape index (κ3) is 3.93. The fraction of sp³-hybridized carbons (Fsp3) is 0.440. The number of pyridine rings is 1. The lowest BCUT2D eigenvalue weighted by molar-refractivity contribution is -0.136. The smallest absolute Gasteiger partial charge is 0.255 e. The monoisotopic (exact) mass is 432 g/mol. The fourth-order valence-corrected chi connectivity index (χ4v) is 5.08. The molecule has 1 aromatic heterocycles. The van der Waals surface area contributed by atoms with Crippen LogP contribution in [0.15, 0.2) is 36.5 Å². The van der Waals surface area contributed by atoms with Gasteiger partial charge in [0.1, 0.15) is 6.04 Å². The summed E-state index contributed by atoms with van der Waals surface area (Å²) >= 11 is 0. The maximum absolute atomic E-state index is 12.9. The van der Waals surface area contributed by atoms with Crippen molar-refractivity contribution in [2.45, 2.75) is 52.2 Å². The first-order valence-electron chi connectivity index (χ1n) is 11.2. The summed E-state index contributed by atoms with van der Waals surface area (Å²) in [6.07, 6.45) is 3.69. The molecular weight excluding hydrogens is 404 g/mol. The van der Waals surface area contributed by atoms with Gasteiger partial charge in [0.2, 0.25) is 11.8 Å². The number of piperidine rings is 1. The summed E-state index contributed by atoms with van der Waals surface area (Å²) in [4.78, 5) is 45.3. The Labute approximate surface area is 187 Å². The van der Waals surface area contributed by atoms with Crippen molar-refractivity contribution in [1.82, 2.24) is 20.1 Å². The van der Waals surface area contributed by atoms with Gasteiger partial charge >= 0.3 is 0 Å². The molecule has 0 bridgehead atoms. The van der Waals surface area contributed by atoms with Gasteiger partial charge in [-0.1, -0.05) is 19.9 Å². The second-order valence-corrected chi connectivity index (χ2v) is 9.95. The molecule has 1 aromatic carbocycles. The van der Waals surface area contributed by atoms with Crippen molar-refractivity contribution >= 4 is 17.7 Å². The molecule has 1 unspecified atom stereocenters. The molecule has 32 heavy (non-hydrogen) atoms. The number of likely N-dealkylation sites (tertiary alicyclic amines) is 1. The maximum Gasteiger partial charge on any atom is 0.255 e. The Balaban J connectivity index is 1.34. The lowest BCUT2D eigenvalue weighted by Crippen LogP contribution is -2.52. The van der Waals surface area contributed by atoms with Gasteiger partial charge in [-0.3, -0.25) is 29.6 Å². The molecule has 166 valence electrons. The van der Waals surface area contributed by atoms with Crippen LogP contribution < -0.4 is 5.32 Å². The Morgan fingerprint density at radius 1 is 1.16 bits per heavy atom. The highest BCUT2D eigenvalue weighted by Gasteiger charge is 2.39. The lowest BCUT2D eigenvalue weighted by Gasteiger charge is -2.29. The fourth-order valence-electron chi connectivity index (χ4n) is 5.08. The van der Waals surface area contributed by atoms with E-state index >= 15 is 0 Å². The SMILES string of the molecule is CC1(C)CCN(Cc2ccnc(-c3ccc4c(c3)CN(C3CCC(=O)NC3=O)C4=O)c2)C1. The standard InChI is InChI=1S/C25H28N4O3/c1-25(2)8-10-28(15-25)13-16-7-9-26-20(11-16)17-3-4-19-18(12-17)14-29(24(19)32)21-5-6-22(30)27-23(21)31/h3-4,7,9,11-12,21H,5-6,8,10,13-15H2,1-2H3,(H,27,30,31). The number of fused-ring (bicyclic) bond motifs is 1. The van der Waals surface area contributed by atoms with E-state index < -0.39 is 6.04 Å². The van der Waals surface area contributed by atoms with Crippen molar-refractivity contribution in [3.8, 4) is 11.3 Å². The zero-order chi connectivity index (χ0) is 22.5. The quantitative estimate of drug-likeness (QED) is 0.752. The van der Waals surface area contributed by atoms with Gasteiger partial charge in [-0.05, 0) is 60.2 Å². The predicted molar refractivity (Wildman–Crippen MR) is 119 cm³/mol. The molecule has 0 radical (unpaired) electrons. The molecule has 3 amide bonds. The Kier molecular flexibility index (Phi) is 5.08. The summed E-state index contributed by atoms with van der Waals surface area (Å²) in [6.45, 7) is 8.12. The molecule has 3 aliphatic heterocycles. The number of nitrogens with one attached hydrogen (secondary N) is 1. The number of carbonyl (C=O) groups is 3. The molecule has 4 heterocycles. The molecule has 0 saturated carbocycles. The Morgan fingerprint density at radius 2 is 2.00 bits per heavy atom. The van der Waals surface area contributed by atoms with Crippen molar-refractivity contribution in [2.75, 3.05) is 13.1 Å². The second kappa shape index (κ2) is 7.81. The Morgan fingerprint density at radius 3 is 2.75 bits per heavy atom. The highest BCUT2D eigenvalue weighted by Crippen LogP contribution is 2.32. The third-order valence-electron chi connectivity index (χ3n) is 6.81. The van der Waals surface area contributed by atoms with Crippen LogP contribution in [0, 0.1) is 5.41 Å². The van der Waals surface area contributed by atoms with Crippen LogP contribution in [0.1, 0.15) is 54.6 Å². The van der Waals surface area contributed by atoms with Gasteiger partial charge in [-0.25, -0.2) is 0 Å². The lowest BCUT2D eigenvalue weighted by atomic mass is 9.93. The first-order valence-corrected chi connectivity index (χ1v) is 11.2. The summed E-state index contributed by atoms with van der Waals surface area (Å²) in [5.41, 5.74) is 4.96. The van der Waals surface area contributed by atoms with E-state index in [0.717, 1.165) is 36.5 Å². The second-order valence-electron chi connectivity index (χ2n) is 9.95. The first kappa shape index (κ1) is 20.8. The van der Waals surface area contributed by atoms with Crippen LogP contribution in [0.5, 0.6) is 0 Å². The molecule has 3 aliphatic rings. The largest absolute Gasteiger partial charge is 0.322 e. The van der Waals surface area contributed by atoms with Crippen LogP contribution >= 0.6 is 0 Å². The molecule has 1 atom stereocenters. The molecule has 2 fully saturated rings. The Bertz CT molecular complexity index is 1110. The maximum atomic E-state index is 12.9. The van der Waals surface area contributed by atoms with Crippen LogP contribution in [0.4, 0.5) is 0 Å². The van der Waals surface area contributed by atoms with Gasteiger partial charge in [0.15, 0.2) is 0 Å². The number of amides is 3. The number of aromatic nitrogens is 1. The van der Waals surface area contributed by atoms with Crippen LogP contribution in [-0.2, 0) is 22.7 Å². The van der Waals surface area contributed by atoms with Crippen molar-refractivity contribution in [2.24, 2.45) is 5.41 Å². The molecule has 1 N–H and O–H groups in total. The Hall–Kier alpha value is -3.06. The van der Waals surface area contributed by atoms with E-state index in [1.54, 1.807) is 4.90 Å². The van der Waals surface area contributed by atoms with E-state index in [1.807, 2.05) is 24.4 Å². The van der Waals surface area contributed by atoms with Crippen LogP contribution in [0.2, 0.25) is 0 Å². The minimum atomic E-state index is -0.595. The summed E-state index contributed by atoms with van der Waals surface area (Å²) < 4.78 is 0. The number of hydrogen-bond donors (Lipinski definition) is 1. The van der Waals surface area contributed by atoms with Crippen molar-refractivity contribution < 1.29 is 14.4 Å². The zero-order valence-corrected chi connectivity index (χ0v) is 18.6. The van der Waals surface area contributed by atoms with E-state index in [4.69, 9.17) is 0 Å². The number of rotatable bonds is 4. The minimum Gasteiger partial charge on any atom is -0.322 e. The van der Waals surface area contributed by atoms with Gasteiger partial charge in [-0.2, -0.15) is 0 Å². The highest BCUT2D eigenvalue weighted by molar-refractivity contribution is 6.05. The summed E-state index contributed by atoms with van der Waals surface area (Å²) in [5.74, 6) is -0.817. The van der Waals surface area contributed by atoms with E-state index in [9.17, 15) is 14.4 Å². The van der Waals surface area contributed by atoms with Crippen LogP contribution in [0.25, 0.3) is 11.3 Å². The van der Waals surface area contributed by atoms with E-state index in [-0.39, 0.29) is 24.1 Å². The molecule has 7 heteroatoms. The van der Waals surface area contributed by atoms with Crippen molar-refractivity contribution in [3.05, 3.63) is 53.2 Å². The number of hydrogen-bond acceptors (Lipinski definition) is 5. The number of imide groups is 1. The van der Waals surface area contributed by atoms with E-state index in [0.29, 0.717) is 23.9 Å².